The Hall–Kier alpha value is -0.410. The Morgan fingerprint density at radius 1 is 1.44 bits per heavy atom. The fraction of sp³-hybridized carbons (Fsp3) is 0.769. The summed E-state index contributed by atoms with van der Waals surface area (Å²) in [5.74, 6) is 0. The Morgan fingerprint density at radius 3 is 3.12 bits per heavy atom. The average Bonchev–Trinajstić information content (AvgIpc) is 2.66. The maximum absolute atomic E-state index is 4.45. The normalized spacial score (nSPS) is 26.6. The molecule has 1 aliphatic rings. The zero-order chi connectivity index (χ0) is 11.3. The first-order valence-corrected chi connectivity index (χ1v) is 7.36. The van der Waals surface area contributed by atoms with Crippen LogP contribution in [0.4, 0.5) is 0 Å². The van der Waals surface area contributed by atoms with Crippen molar-refractivity contribution in [1.29, 1.82) is 0 Å². The van der Waals surface area contributed by atoms with Crippen molar-refractivity contribution in [3.63, 3.8) is 0 Å². The van der Waals surface area contributed by atoms with Gasteiger partial charge < -0.3 is 5.32 Å². The average molecular weight is 238 g/mol. The van der Waals surface area contributed by atoms with E-state index in [4.69, 9.17) is 0 Å². The second kappa shape index (κ2) is 5.78. The van der Waals surface area contributed by atoms with Crippen LogP contribution >= 0.6 is 11.3 Å². The van der Waals surface area contributed by atoms with Crippen molar-refractivity contribution in [2.24, 2.45) is 0 Å². The minimum Gasteiger partial charge on any atom is -0.311 e. The summed E-state index contributed by atoms with van der Waals surface area (Å²) in [4.78, 5) is 4.45. The Bertz CT molecular complexity index is 287. The molecule has 1 saturated heterocycles. The lowest BCUT2D eigenvalue weighted by Crippen LogP contribution is -2.46. The van der Waals surface area contributed by atoms with Crippen LogP contribution in [0.2, 0.25) is 0 Å². The van der Waals surface area contributed by atoms with Crippen LogP contribution in [0.15, 0.2) is 11.6 Å². The van der Waals surface area contributed by atoms with E-state index in [-0.39, 0.29) is 0 Å². The van der Waals surface area contributed by atoms with E-state index < -0.39 is 0 Å². The molecule has 1 aromatic rings. The van der Waals surface area contributed by atoms with E-state index in [2.05, 4.69) is 22.6 Å². The van der Waals surface area contributed by atoms with E-state index in [9.17, 15) is 0 Å². The summed E-state index contributed by atoms with van der Waals surface area (Å²) in [7, 11) is 0. The van der Waals surface area contributed by atoms with Gasteiger partial charge in [-0.3, -0.25) is 0 Å². The highest BCUT2D eigenvalue weighted by molar-refractivity contribution is 7.09. The Morgan fingerprint density at radius 2 is 2.38 bits per heavy atom. The first-order valence-electron chi connectivity index (χ1n) is 6.48. The van der Waals surface area contributed by atoms with Crippen molar-refractivity contribution >= 4 is 11.3 Å². The van der Waals surface area contributed by atoms with Crippen LogP contribution in [0, 0.1) is 0 Å². The van der Waals surface area contributed by atoms with Gasteiger partial charge >= 0.3 is 0 Å². The van der Waals surface area contributed by atoms with E-state index in [0.29, 0.717) is 5.54 Å². The van der Waals surface area contributed by atoms with Gasteiger partial charge in [0.05, 0.1) is 5.01 Å². The summed E-state index contributed by atoms with van der Waals surface area (Å²) in [6.07, 6.45) is 11.0. The van der Waals surface area contributed by atoms with E-state index in [1.54, 1.807) is 11.3 Å². The van der Waals surface area contributed by atoms with E-state index >= 15 is 0 Å². The first-order chi connectivity index (χ1) is 7.85. The molecule has 0 aromatic carbocycles. The molecule has 0 aliphatic carbocycles. The van der Waals surface area contributed by atoms with Gasteiger partial charge in [-0.05, 0) is 25.8 Å². The van der Waals surface area contributed by atoms with Crippen molar-refractivity contribution in [3.8, 4) is 0 Å². The third kappa shape index (κ3) is 3.05. The van der Waals surface area contributed by atoms with Gasteiger partial charge in [-0.25, -0.2) is 4.98 Å². The van der Waals surface area contributed by atoms with E-state index in [1.807, 2.05) is 6.20 Å². The summed E-state index contributed by atoms with van der Waals surface area (Å²) < 4.78 is 0. The first kappa shape index (κ1) is 12.1. The Labute approximate surface area is 102 Å². The Kier molecular flexibility index (Phi) is 4.36. The van der Waals surface area contributed by atoms with Crippen LogP contribution in [-0.4, -0.2) is 17.1 Å². The lowest BCUT2D eigenvalue weighted by molar-refractivity contribution is 0.288. The number of aromatic nitrogens is 1. The lowest BCUT2D eigenvalue weighted by Gasteiger charge is -2.33. The molecule has 1 aromatic heterocycles. The number of thiazole rings is 1. The molecular formula is C13H22N2S. The Balaban J connectivity index is 2.06. The summed E-state index contributed by atoms with van der Waals surface area (Å²) in [5, 5.41) is 7.18. The van der Waals surface area contributed by atoms with Gasteiger partial charge in [0.1, 0.15) is 0 Å². The van der Waals surface area contributed by atoms with Gasteiger partial charge in [0.2, 0.25) is 0 Å². The standard InChI is InChI=1S/C13H22N2S/c1-2-6-13(7-4-3-5-8-15-13)11-12-14-9-10-16-12/h9-10,15H,2-8,11H2,1H3. The van der Waals surface area contributed by atoms with Crippen LogP contribution in [0.3, 0.4) is 0 Å². The van der Waals surface area contributed by atoms with Crippen LogP contribution in [0.25, 0.3) is 0 Å². The summed E-state index contributed by atoms with van der Waals surface area (Å²) in [6.45, 7) is 3.47. The predicted octanol–water partition coefficient (Wildman–Crippen LogP) is 3.39. The third-order valence-electron chi connectivity index (χ3n) is 3.53. The molecule has 0 bridgehead atoms. The quantitative estimate of drug-likeness (QED) is 0.869. The van der Waals surface area contributed by atoms with Gasteiger partial charge in [0.25, 0.3) is 0 Å². The second-order valence-corrected chi connectivity index (χ2v) is 5.85. The summed E-state index contributed by atoms with van der Waals surface area (Å²) in [5.41, 5.74) is 0.336. The molecule has 1 aliphatic heterocycles. The molecule has 1 fully saturated rings. The second-order valence-electron chi connectivity index (χ2n) is 4.87. The minimum atomic E-state index is 0.336. The smallest absolute Gasteiger partial charge is 0.0943 e. The van der Waals surface area contributed by atoms with Crippen molar-refractivity contribution in [2.75, 3.05) is 6.54 Å². The zero-order valence-corrected chi connectivity index (χ0v) is 11.0. The number of nitrogens with zero attached hydrogens (tertiary/aromatic N) is 1. The predicted molar refractivity (Wildman–Crippen MR) is 69.9 cm³/mol. The largest absolute Gasteiger partial charge is 0.311 e. The minimum absolute atomic E-state index is 0.336. The molecule has 0 saturated carbocycles. The molecule has 1 atom stereocenters. The molecule has 1 unspecified atom stereocenters. The van der Waals surface area contributed by atoms with Gasteiger partial charge in [-0.15, -0.1) is 11.3 Å². The van der Waals surface area contributed by atoms with Crippen LogP contribution in [-0.2, 0) is 6.42 Å². The molecule has 0 radical (unpaired) electrons. The topological polar surface area (TPSA) is 24.9 Å². The van der Waals surface area contributed by atoms with Crippen LogP contribution < -0.4 is 5.32 Å². The van der Waals surface area contributed by atoms with Gasteiger partial charge in [0, 0.05) is 23.5 Å². The maximum Gasteiger partial charge on any atom is 0.0943 e. The number of hydrogen-bond donors (Lipinski definition) is 1. The van der Waals surface area contributed by atoms with Crippen molar-refractivity contribution < 1.29 is 0 Å². The number of nitrogens with one attached hydrogen (secondary N) is 1. The summed E-state index contributed by atoms with van der Waals surface area (Å²) in [6, 6.07) is 0. The molecule has 2 rings (SSSR count). The number of hydrogen-bond acceptors (Lipinski definition) is 3. The molecule has 3 heteroatoms. The molecule has 0 amide bonds. The fourth-order valence-electron chi connectivity index (χ4n) is 2.77. The molecule has 2 nitrogen and oxygen atoms in total. The van der Waals surface area contributed by atoms with Gasteiger partial charge in [-0.2, -0.15) is 0 Å². The third-order valence-corrected chi connectivity index (χ3v) is 4.31. The monoisotopic (exact) mass is 238 g/mol. The fourth-order valence-corrected chi connectivity index (χ4v) is 3.53. The van der Waals surface area contributed by atoms with Crippen molar-refractivity contribution in [2.45, 2.75) is 57.4 Å². The maximum atomic E-state index is 4.45. The highest BCUT2D eigenvalue weighted by Gasteiger charge is 2.30. The summed E-state index contributed by atoms with van der Waals surface area (Å²) >= 11 is 1.80. The van der Waals surface area contributed by atoms with Crippen LogP contribution in [0.5, 0.6) is 0 Å². The highest BCUT2D eigenvalue weighted by Crippen LogP contribution is 2.28. The van der Waals surface area contributed by atoms with Gasteiger partial charge in [0.15, 0.2) is 0 Å². The molecule has 2 heterocycles. The van der Waals surface area contributed by atoms with Crippen molar-refractivity contribution in [3.05, 3.63) is 16.6 Å². The molecule has 90 valence electrons. The molecule has 16 heavy (non-hydrogen) atoms. The zero-order valence-electron chi connectivity index (χ0n) is 10.2. The van der Waals surface area contributed by atoms with E-state index in [1.165, 1.54) is 50.1 Å². The molecule has 0 spiro atoms. The highest BCUT2D eigenvalue weighted by atomic mass is 32.1. The molecule has 1 N–H and O–H groups in total. The van der Waals surface area contributed by atoms with Crippen LogP contribution in [0.1, 0.15) is 50.5 Å². The SMILES string of the molecule is CCCC1(Cc2nccs2)CCCCCN1. The van der Waals surface area contributed by atoms with Gasteiger partial charge in [-0.1, -0.05) is 26.2 Å². The number of rotatable bonds is 4. The molecular weight excluding hydrogens is 216 g/mol. The van der Waals surface area contributed by atoms with Crippen molar-refractivity contribution in [1.82, 2.24) is 10.3 Å². The van der Waals surface area contributed by atoms with E-state index in [0.717, 1.165) is 6.42 Å². The lowest BCUT2D eigenvalue weighted by atomic mass is 9.85.